The van der Waals surface area contributed by atoms with Crippen molar-refractivity contribution in [3.63, 3.8) is 0 Å². The molecule has 0 spiro atoms. The van der Waals surface area contributed by atoms with Gasteiger partial charge in [-0.25, -0.2) is 4.99 Å². The van der Waals surface area contributed by atoms with Crippen LogP contribution in [0.5, 0.6) is 0 Å². The van der Waals surface area contributed by atoms with Crippen LogP contribution in [0.15, 0.2) is 59.6 Å². The van der Waals surface area contributed by atoms with E-state index in [0.29, 0.717) is 5.17 Å². The number of rotatable bonds is 7. The molecule has 0 saturated heterocycles. The molecule has 0 bridgehead atoms. The Labute approximate surface area is 132 Å². The summed E-state index contributed by atoms with van der Waals surface area (Å²) in [6, 6.07) is 18.2. The molecule has 0 N–H and O–H groups in total. The van der Waals surface area contributed by atoms with Gasteiger partial charge in [-0.05, 0) is 30.5 Å². The maximum atomic E-state index is 6.25. The lowest BCUT2D eigenvalue weighted by Gasteiger charge is -2.03. The van der Waals surface area contributed by atoms with Crippen molar-refractivity contribution in [1.82, 2.24) is 0 Å². The number of hydrogen-bond donors (Lipinski definition) is 0. The van der Waals surface area contributed by atoms with Crippen molar-refractivity contribution in [3.8, 4) is 0 Å². The highest BCUT2D eigenvalue weighted by Crippen LogP contribution is 2.18. The molecule has 0 fully saturated rings. The molecule has 21 heavy (non-hydrogen) atoms. The summed E-state index contributed by atoms with van der Waals surface area (Å²) in [5, 5.41) is 0.534. The Morgan fingerprint density at radius 2 is 1.62 bits per heavy atom. The minimum atomic E-state index is 0.534. The quantitative estimate of drug-likeness (QED) is 0.431. The van der Waals surface area contributed by atoms with Crippen molar-refractivity contribution in [2.45, 2.75) is 39.0 Å². The lowest BCUT2D eigenvalue weighted by molar-refractivity contribution is 0.667. The SMILES string of the molecule is CCCCCCc1ccc(N=C(Cl)c2ccccc2)cc1. The first-order valence-electron chi connectivity index (χ1n) is 7.68. The predicted octanol–water partition coefficient (Wildman–Crippen LogP) is 6.13. The van der Waals surface area contributed by atoms with Crippen LogP contribution in [0.2, 0.25) is 0 Å². The second-order valence-corrected chi connectivity index (χ2v) is 5.60. The molecule has 2 aromatic carbocycles. The molecule has 0 aliphatic heterocycles. The van der Waals surface area contributed by atoms with Crippen LogP contribution in [-0.2, 0) is 6.42 Å². The number of benzene rings is 2. The van der Waals surface area contributed by atoms with Gasteiger partial charge in [0.15, 0.2) is 0 Å². The number of halogens is 1. The third kappa shape index (κ3) is 5.35. The van der Waals surface area contributed by atoms with Crippen LogP contribution in [0, 0.1) is 0 Å². The molecule has 0 unspecified atom stereocenters. The number of unbranched alkanes of at least 4 members (excludes halogenated alkanes) is 3. The molecule has 1 nitrogen and oxygen atoms in total. The lowest BCUT2D eigenvalue weighted by atomic mass is 10.1. The minimum absolute atomic E-state index is 0.534. The fourth-order valence-electron chi connectivity index (χ4n) is 2.25. The van der Waals surface area contributed by atoms with Crippen LogP contribution >= 0.6 is 11.6 Å². The van der Waals surface area contributed by atoms with Gasteiger partial charge in [0.2, 0.25) is 0 Å². The number of aryl methyl sites for hydroxylation is 1. The molecule has 0 heterocycles. The van der Waals surface area contributed by atoms with E-state index < -0.39 is 0 Å². The minimum Gasteiger partial charge on any atom is -0.236 e. The molecule has 0 saturated carbocycles. The monoisotopic (exact) mass is 299 g/mol. The third-order valence-electron chi connectivity index (χ3n) is 3.49. The Morgan fingerprint density at radius 3 is 2.29 bits per heavy atom. The largest absolute Gasteiger partial charge is 0.236 e. The van der Waals surface area contributed by atoms with Gasteiger partial charge in [-0.15, -0.1) is 0 Å². The van der Waals surface area contributed by atoms with Gasteiger partial charge in [0, 0.05) is 5.56 Å². The Hall–Kier alpha value is -1.60. The molecule has 110 valence electrons. The van der Waals surface area contributed by atoms with Crippen LogP contribution in [0.1, 0.15) is 43.7 Å². The van der Waals surface area contributed by atoms with E-state index in [1.54, 1.807) is 0 Å². The maximum Gasteiger partial charge on any atom is 0.136 e. The smallest absolute Gasteiger partial charge is 0.136 e. The van der Waals surface area contributed by atoms with Crippen molar-refractivity contribution in [2.75, 3.05) is 0 Å². The van der Waals surface area contributed by atoms with Gasteiger partial charge in [-0.3, -0.25) is 0 Å². The average Bonchev–Trinajstić information content (AvgIpc) is 2.54. The molecule has 0 aliphatic rings. The summed E-state index contributed by atoms with van der Waals surface area (Å²) >= 11 is 6.25. The standard InChI is InChI=1S/C19H22ClN/c1-2-3-4-6-9-16-12-14-18(15-13-16)21-19(20)17-10-7-5-8-11-17/h5,7-8,10-15H,2-4,6,9H2,1H3. The Kier molecular flexibility index (Phi) is 6.49. The summed E-state index contributed by atoms with van der Waals surface area (Å²) < 4.78 is 0. The van der Waals surface area contributed by atoms with Gasteiger partial charge < -0.3 is 0 Å². The normalized spacial score (nSPS) is 11.6. The molecule has 0 radical (unpaired) electrons. The lowest BCUT2D eigenvalue weighted by Crippen LogP contribution is -1.89. The topological polar surface area (TPSA) is 12.4 Å². The van der Waals surface area contributed by atoms with Crippen LogP contribution in [0.4, 0.5) is 5.69 Å². The van der Waals surface area contributed by atoms with Gasteiger partial charge in [-0.1, -0.05) is 80.3 Å². The molecular formula is C19H22ClN. The molecule has 0 aromatic heterocycles. The molecular weight excluding hydrogens is 278 g/mol. The number of hydrogen-bond acceptors (Lipinski definition) is 1. The molecule has 2 aromatic rings. The Balaban J connectivity index is 1.96. The Morgan fingerprint density at radius 1 is 0.905 bits per heavy atom. The van der Waals surface area contributed by atoms with Crippen molar-refractivity contribution in [2.24, 2.45) is 4.99 Å². The van der Waals surface area contributed by atoms with Gasteiger partial charge in [-0.2, -0.15) is 0 Å². The van der Waals surface area contributed by atoms with Crippen molar-refractivity contribution >= 4 is 22.5 Å². The number of nitrogens with zero attached hydrogens (tertiary/aromatic N) is 1. The highest BCUT2D eigenvalue weighted by molar-refractivity contribution is 6.69. The van der Waals surface area contributed by atoms with Crippen molar-refractivity contribution in [3.05, 3.63) is 65.7 Å². The molecule has 0 atom stereocenters. The summed E-state index contributed by atoms with van der Waals surface area (Å²) in [7, 11) is 0. The zero-order valence-corrected chi connectivity index (χ0v) is 13.3. The predicted molar refractivity (Wildman–Crippen MR) is 92.8 cm³/mol. The second kappa shape index (κ2) is 8.63. The molecule has 0 amide bonds. The average molecular weight is 300 g/mol. The molecule has 2 heteroatoms. The summed E-state index contributed by atoms with van der Waals surface area (Å²) in [4.78, 5) is 4.46. The first-order valence-corrected chi connectivity index (χ1v) is 8.06. The fraction of sp³-hybridized carbons (Fsp3) is 0.316. The van der Waals surface area contributed by atoms with E-state index in [1.165, 1.54) is 31.2 Å². The molecule has 2 rings (SSSR count). The zero-order valence-electron chi connectivity index (χ0n) is 12.6. The van der Waals surface area contributed by atoms with Gasteiger partial charge in [0.05, 0.1) is 5.69 Å². The maximum absolute atomic E-state index is 6.25. The van der Waals surface area contributed by atoms with E-state index in [0.717, 1.165) is 17.7 Å². The van der Waals surface area contributed by atoms with Crippen LogP contribution < -0.4 is 0 Å². The van der Waals surface area contributed by atoms with E-state index in [-0.39, 0.29) is 0 Å². The van der Waals surface area contributed by atoms with Gasteiger partial charge in [0.25, 0.3) is 0 Å². The summed E-state index contributed by atoms with van der Waals surface area (Å²) in [6.07, 6.45) is 6.34. The van der Waals surface area contributed by atoms with E-state index in [1.807, 2.05) is 42.5 Å². The highest BCUT2D eigenvalue weighted by Gasteiger charge is 1.99. The zero-order chi connectivity index (χ0) is 14.9. The first kappa shape index (κ1) is 15.8. The fourth-order valence-corrected chi connectivity index (χ4v) is 2.47. The summed E-state index contributed by atoms with van der Waals surface area (Å²) in [6.45, 7) is 2.24. The van der Waals surface area contributed by atoms with Gasteiger partial charge >= 0.3 is 0 Å². The van der Waals surface area contributed by atoms with Crippen molar-refractivity contribution < 1.29 is 0 Å². The van der Waals surface area contributed by atoms with E-state index >= 15 is 0 Å². The summed E-state index contributed by atoms with van der Waals surface area (Å²) in [5.41, 5.74) is 3.23. The second-order valence-electron chi connectivity index (χ2n) is 5.25. The molecule has 0 aliphatic carbocycles. The first-order chi connectivity index (χ1) is 10.3. The number of aliphatic imine (C=N–C) groups is 1. The van der Waals surface area contributed by atoms with Crippen LogP contribution in [0.3, 0.4) is 0 Å². The van der Waals surface area contributed by atoms with E-state index in [9.17, 15) is 0 Å². The van der Waals surface area contributed by atoms with E-state index in [2.05, 4.69) is 24.0 Å². The van der Waals surface area contributed by atoms with Crippen LogP contribution in [0.25, 0.3) is 0 Å². The highest BCUT2D eigenvalue weighted by atomic mass is 35.5. The van der Waals surface area contributed by atoms with Crippen molar-refractivity contribution in [1.29, 1.82) is 0 Å². The van der Waals surface area contributed by atoms with Gasteiger partial charge in [0.1, 0.15) is 5.17 Å². The Bertz CT molecular complexity index is 558. The summed E-state index contributed by atoms with van der Waals surface area (Å²) in [5.74, 6) is 0. The van der Waals surface area contributed by atoms with E-state index in [4.69, 9.17) is 11.6 Å². The third-order valence-corrected chi connectivity index (χ3v) is 3.80. The van der Waals surface area contributed by atoms with Crippen LogP contribution in [-0.4, -0.2) is 5.17 Å².